The molecule has 0 aromatic heterocycles. The van der Waals surface area contributed by atoms with E-state index < -0.39 is 18.0 Å². The first-order chi connectivity index (χ1) is 5.04. The molecule has 18 heavy (non-hydrogen) atoms. The van der Waals surface area contributed by atoms with Gasteiger partial charge in [0.25, 0.3) is 0 Å². The van der Waals surface area contributed by atoms with Crippen molar-refractivity contribution in [1.29, 1.82) is 0 Å². The fourth-order valence-electron chi connectivity index (χ4n) is 0.337. The van der Waals surface area contributed by atoms with E-state index >= 15 is 0 Å². The van der Waals surface area contributed by atoms with Crippen molar-refractivity contribution in [3.05, 3.63) is 0 Å². The average molecular weight is 303 g/mol. The molecule has 0 unspecified atom stereocenters. The van der Waals surface area contributed by atoms with E-state index in [1.807, 2.05) is 0 Å². The Bertz CT molecular complexity index is 172. The zero-order valence-electron chi connectivity index (χ0n) is 10.1. The van der Waals surface area contributed by atoms with Gasteiger partial charge < -0.3 is 65.2 Å². The number of quaternary nitrogens is 2. The number of thioether (sulfide) groups is 1. The van der Waals surface area contributed by atoms with Gasteiger partial charge >= 0.3 is 0 Å². The van der Waals surface area contributed by atoms with Crippen LogP contribution in [0.15, 0.2) is 0 Å². The summed E-state index contributed by atoms with van der Waals surface area (Å²) < 4.78 is 0. The number of carboxylic acid groups (broad SMARTS) is 2. The molecule has 0 aliphatic carbocycles. The minimum Gasteiger partial charge on any atom is -0.549 e. The van der Waals surface area contributed by atoms with Gasteiger partial charge in [-0.25, -0.2) is 0 Å². The van der Waals surface area contributed by atoms with Crippen molar-refractivity contribution in [3.63, 3.8) is 0 Å². The van der Waals surface area contributed by atoms with E-state index in [0.29, 0.717) is 0 Å². The largest absolute Gasteiger partial charge is 0.549 e. The summed E-state index contributed by atoms with van der Waals surface area (Å²) in [6.07, 6.45) is 0. The molecule has 0 spiro atoms. The molecule has 0 radical (unpaired) electrons. The van der Waals surface area contributed by atoms with Gasteiger partial charge in [-0.1, -0.05) is 0 Å². The van der Waals surface area contributed by atoms with Crippen molar-refractivity contribution in [1.82, 2.24) is 12.3 Å². The third kappa shape index (κ3) is 36.3. The first kappa shape index (κ1) is 53.8. The summed E-state index contributed by atoms with van der Waals surface area (Å²) in [7, 11) is 0. The lowest BCUT2D eigenvalue weighted by molar-refractivity contribution is -0.307. The van der Waals surface area contributed by atoms with Gasteiger partial charge in [-0.3, -0.25) is 0 Å². The maximum atomic E-state index is 9.96. The van der Waals surface area contributed by atoms with Crippen LogP contribution in [0.5, 0.6) is 0 Å². The predicted molar refractivity (Wildman–Crippen MR) is 65.4 cm³/mol. The Kier molecular flexibility index (Phi) is 88.9. The maximum absolute atomic E-state index is 9.96. The number of hydrogen-bond acceptors (Lipinski definition) is 6. The second kappa shape index (κ2) is 29.7. The number of carbonyl (C=O) groups is 2. The number of rotatable bonds is 5. The molecule has 0 amide bonds. The molecule has 0 aromatic carbocycles. The molecule has 0 fully saturated rings. The zero-order valence-corrected chi connectivity index (χ0v) is 10.9. The molecular formula is C5H25N3O9S. The summed E-state index contributed by atoms with van der Waals surface area (Å²) in [6, 6.07) is -1.11. The molecule has 20 N–H and O–H groups in total. The lowest BCUT2D eigenvalue weighted by atomic mass is 10.4. The molecule has 12 nitrogen and oxygen atoms in total. The van der Waals surface area contributed by atoms with E-state index in [0.717, 1.165) is 11.8 Å². The summed E-state index contributed by atoms with van der Waals surface area (Å²) in [5.41, 5.74) is 5.01. The van der Waals surface area contributed by atoms with Gasteiger partial charge in [0.2, 0.25) is 0 Å². The molecule has 0 saturated carbocycles. The minimum absolute atomic E-state index is 0. The molecule has 0 aliphatic rings. The van der Waals surface area contributed by atoms with Crippen LogP contribution in [-0.2, 0) is 9.59 Å². The molecule has 0 aliphatic heterocycles. The Labute approximate surface area is 107 Å². The zero-order chi connectivity index (χ0) is 8.85. The molecular weight excluding hydrogens is 278 g/mol. The predicted octanol–water partition coefficient (Wildman–Crippen LogP) is -6.82. The minimum atomic E-state index is -1.38. The third-order valence-corrected chi connectivity index (χ3v) is 1.85. The van der Waals surface area contributed by atoms with Crippen LogP contribution in [0.25, 0.3) is 0 Å². The number of nitrogens with two attached hydrogens (primary N) is 1. The molecule has 0 bridgehead atoms. The standard InChI is InChI=1S/C5H9NO4S.2H3N.5H2O/c6-3(5(9)10)1-11-2-4(7)8;;;;;;;/h3H,1-2,6H2,(H,7,8)(H,9,10);2*1H3;5*1H2/t3-;;;;;;;/m1......./s1. The normalized spacial score (nSPS) is 7.61. The van der Waals surface area contributed by atoms with Crippen LogP contribution in [0.1, 0.15) is 0 Å². The van der Waals surface area contributed by atoms with Gasteiger partial charge in [0, 0.05) is 11.5 Å². The number of carbonyl (C=O) groups excluding carboxylic acids is 2. The van der Waals surface area contributed by atoms with Gasteiger partial charge in [0.15, 0.2) is 0 Å². The molecule has 1 atom stereocenters. The summed E-state index contributed by atoms with van der Waals surface area (Å²) in [5.74, 6) is -2.84. The number of hydrogen-bond donors (Lipinski definition) is 3. The Morgan fingerprint density at radius 2 is 1.33 bits per heavy atom. The Hall–Kier alpha value is -1.03. The Balaban J connectivity index is -0.0000000238. The highest BCUT2D eigenvalue weighted by molar-refractivity contribution is 7.99. The van der Waals surface area contributed by atoms with Crippen molar-refractivity contribution in [2.45, 2.75) is 6.04 Å². The highest BCUT2D eigenvalue weighted by Gasteiger charge is 2.01. The maximum Gasteiger partial charge on any atom is 0.0590 e. The van der Waals surface area contributed by atoms with Gasteiger partial charge in [-0.05, 0) is 0 Å². The quantitative estimate of drug-likeness (QED) is 0.442. The van der Waals surface area contributed by atoms with Gasteiger partial charge in [0.05, 0.1) is 18.0 Å². The third-order valence-electron chi connectivity index (χ3n) is 0.820. The summed E-state index contributed by atoms with van der Waals surface area (Å²) >= 11 is 0.890. The first-order valence-corrected chi connectivity index (χ1v) is 3.93. The van der Waals surface area contributed by atoms with Crippen LogP contribution in [0, 0.1) is 0 Å². The molecule has 0 saturated heterocycles. The number of carboxylic acids is 2. The van der Waals surface area contributed by atoms with Gasteiger partial charge in [-0.2, -0.15) is 11.8 Å². The van der Waals surface area contributed by atoms with Crippen molar-refractivity contribution in [3.8, 4) is 0 Å². The van der Waals surface area contributed by atoms with Gasteiger partial charge in [-0.15, -0.1) is 0 Å². The lowest BCUT2D eigenvalue weighted by Gasteiger charge is -2.11. The van der Waals surface area contributed by atoms with Crippen molar-refractivity contribution in [2.24, 2.45) is 5.73 Å². The molecule has 120 valence electrons. The number of aliphatic carboxylic acids is 2. The highest BCUT2D eigenvalue weighted by Crippen LogP contribution is 1.99. The van der Waals surface area contributed by atoms with Crippen LogP contribution in [0.4, 0.5) is 0 Å². The monoisotopic (exact) mass is 303 g/mol. The van der Waals surface area contributed by atoms with E-state index in [4.69, 9.17) is 5.73 Å². The van der Waals surface area contributed by atoms with Crippen LogP contribution in [0.3, 0.4) is 0 Å². The van der Waals surface area contributed by atoms with Crippen LogP contribution >= 0.6 is 11.8 Å². The summed E-state index contributed by atoms with van der Waals surface area (Å²) in [4.78, 5) is 19.8. The average Bonchev–Trinajstić information content (AvgIpc) is 1.86. The highest BCUT2D eigenvalue weighted by atomic mass is 32.2. The van der Waals surface area contributed by atoms with Gasteiger partial charge in [0.1, 0.15) is 0 Å². The Morgan fingerprint density at radius 1 is 1.00 bits per heavy atom. The SMILES string of the molecule is N[C@H](CSCC(=O)[O-])C(=O)[O-].O.O.O.O.O.[NH4+].[NH4+]. The second-order valence-electron chi connectivity index (χ2n) is 1.81. The molecule has 0 rings (SSSR count). The van der Waals surface area contributed by atoms with E-state index in [1.54, 1.807) is 0 Å². The van der Waals surface area contributed by atoms with Crippen LogP contribution in [0.2, 0.25) is 0 Å². The van der Waals surface area contributed by atoms with Crippen molar-refractivity contribution < 1.29 is 47.2 Å². The van der Waals surface area contributed by atoms with Crippen LogP contribution in [-0.4, -0.2) is 56.9 Å². The molecule has 13 heteroatoms. The Morgan fingerprint density at radius 3 is 1.56 bits per heavy atom. The fourth-order valence-corrected chi connectivity index (χ4v) is 1.01. The van der Waals surface area contributed by atoms with Crippen LogP contribution < -0.4 is 28.2 Å². The van der Waals surface area contributed by atoms with E-state index in [9.17, 15) is 19.8 Å². The van der Waals surface area contributed by atoms with E-state index in [1.165, 1.54) is 0 Å². The first-order valence-electron chi connectivity index (χ1n) is 2.78. The van der Waals surface area contributed by atoms with E-state index in [-0.39, 0.29) is 51.2 Å². The van der Waals surface area contributed by atoms with Crippen molar-refractivity contribution >= 4 is 23.7 Å². The van der Waals surface area contributed by atoms with Crippen molar-refractivity contribution in [2.75, 3.05) is 11.5 Å². The topological polar surface area (TPSA) is 337 Å². The molecule has 0 aromatic rings. The summed E-state index contributed by atoms with van der Waals surface area (Å²) in [5, 5.41) is 19.8. The lowest BCUT2D eigenvalue weighted by Crippen LogP contribution is -2.43. The smallest absolute Gasteiger partial charge is 0.0590 e. The summed E-state index contributed by atoms with van der Waals surface area (Å²) in [6.45, 7) is 0. The fraction of sp³-hybridized carbons (Fsp3) is 0.600. The van der Waals surface area contributed by atoms with E-state index in [2.05, 4.69) is 0 Å². The second-order valence-corrected chi connectivity index (χ2v) is 2.84. The molecule has 0 heterocycles.